The van der Waals surface area contributed by atoms with Crippen molar-refractivity contribution in [1.29, 1.82) is 0 Å². The maximum atomic E-state index is 12.5. The van der Waals surface area contributed by atoms with E-state index in [1.807, 2.05) is 32.0 Å². The standard InChI is InChI=1S/C19H18N2O4/c1-12(2)20-18(22)11-25-19(23)14-10-16(17-8-5-9-24-17)21-15-7-4-3-6-13(14)15/h3-10,12H,11H2,1-2H3,(H,20,22). The molecule has 1 aromatic carbocycles. The normalized spacial score (nSPS) is 10.8. The molecule has 0 bridgehead atoms. The molecule has 6 nitrogen and oxygen atoms in total. The highest BCUT2D eigenvalue weighted by Crippen LogP contribution is 2.25. The second kappa shape index (κ2) is 7.17. The molecule has 0 saturated carbocycles. The highest BCUT2D eigenvalue weighted by molar-refractivity contribution is 6.05. The van der Waals surface area contributed by atoms with Gasteiger partial charge >= 0.3 is 5.97 Å². The predicted octanol–water partition coefficient (Wildman–Crippen LogP) is 3.18. The number of benzene rings is 1. The number of esters is 1. The average Bonchev–Trinajstić information content (AvgIpc) is 3.12. The lowest BCUT2D eigenvalue weighted by Gasteiger charge is -2.10. The Kier molecular flexibility index (Phi) is 4.79. The number of carbonyl (C=O) groups is 2. The van der Waals surface area contributed by atoms with Gasteiger partial charge in [-0.1, -0.05) is 18.2 Å². The van der Waals surface area contributed by atoms with E-state index in [2.05, 4.69) is 10.3 Å². The lowest BCUT2D eigenvalue weighted by atomic mass is 10.1. The number of nitrogens with one attached hydrogen (secondary N) is 1. The molecular formula is C19H18N2O4. The monoisotopic (exact) mass is 338 g/mol. The van der Waals surface area contributed by atoms with E-state index in [9.17, 15) is 9.59 Å². The van der Waals surface area contributed by atoms with Crippen molar-refractivity contribution in [1.82, 2.24) is 10.3 Å². The zero-order valence-electron chi connectivity index (χ0n) is 14.0. The first-order valence-corrected chi connectivity index (χ1v) is 7.95. The molecule has 6 heteroatoms. The van der Waals surface area contributed by atoms with E-state index in [-0.39, 0.29) is 18.6 Å². The van der Waals surface area contributed by atoms with Crippen LogP contribution in [0.25, 0.3) is 22.4 Å². The van der Waals surface area contributed by atoms with E-state index in [1.165, 1.54) is 0 Å². The number of hydrogen-bond donors (Lipinski definition) is 1. The Balaban J connectivity index is 1.91. The Labute approximate surface area is 144 Å². The number of nitrogens with zero attached hydrogens (tertiary/aromatic N) is 1. The molecule has 0 saturated heterocycles. The van der Waals surface area contributed by atoms with Gasteiger partial charge in [-0.15, -0.1) is 0 Å². The number of para-hydroxylation sites is 1. The number of hydrogen-bond acceptors (Lipinski definition) is 5. The van der Waals surface area contributed by atoms with Crippen LogP contribution in [0.4, 0.5) is 0 Å². The summed E-state index contributed by atoms with van der Waals surface area (Å²) in [6.45, 7) is 3.35. The third kappa shape index (κ3) is 3.85. The number of ether oxygens (including phenoxy) is 1. The number of rotatable bonds is 5. The van der Waals surface area contributed by atoms with E-state index in [1.54, 1.807) is 30.5 Å². The van der Waals surface area contributed by atoms with Gasteiger partial charge in [-0.25, -0.2) is 9.78 Å². The molecule has 2 aromatic heterocycles. The summed E-state index contributed by atoms with van der Waals surface area (Å²) in [5.74, 6) is -0.365. The fraction of sp³-hybridized carbons (Fsp3) is 0.211. The second-order valence-corrected chi connectivity index (χ2v) is 5.85. The Bertz CT molecular complexity index is 901. The molecule has 3 aromatic rings. The molecular weight excluding hydrogens is 320 g/mol. The summed E-state index contributed by atoms with van der Waals surface area (Å²) in [6.07, 6.45) is 1.54. The predicted molar refractivity (Wildman–Crippen MR) is 93.0 cm³/mol. The van der Waals surface area contributed by atoms with Crippen LogP contribution >= 0.6 is 0 Å². The smallest absolute Gasteiger partial charge is 0.339 e. The van der Waals surface area contributed by atoms with E-state index in [0.29, 0.717) is 27.9 Å². The molecule has 0 aliphatic carbocycles. The minimum Gasteiger partial charge on any atom is -0.463 e. The second-order valence-electron chi connectivity index (χ2n) is 5.85. The fourth-order valence-electron chi connectivity index (χ4n) is 2.47. The van der Waals surface area contributed by atoms with Gasteiger partial charge in [0.25, 0.3) is 5.91 Å². The summed E-state index contributed by atoms with van der Waals surface area (Å²) < 4.78 is 10.5. The Morgan fingerprint density at radius 3 is 2.72 bits per heavy atom. The van der Waals surface area contributed by atoms with Crippen molar-refractivity contribution < 1.29 is 18.7 Å². The molecule has 1 N–H and O–H groups in total. The van der Waals surface area contributed by atoms with Crippen molar-refractivity contribution in [3.8, 4) is 11.5 Å². The van der Waals surface area contributed by atoms with Crippen LogP contribution < -0.4 is 5.32 Å². The first kappa shape index (κ1) is 16.7. The fourth-order valence-corrected chi connectivity index (χ4v) is 2.47. The number of fused-ring (bicyclic) bond motifs is 1. The van der Waals surface area contributed by atoms with Crippen molar-refractivity contribution in [2.24, 2.45) is 0 Å². The topological polar surface area (TPSA) is 81.4 Å². The molecule has 0 spiro atoms. The molecule has 0 aliphatic rings. The van der Waals surface area contributed by atoms with Crippen molar-refractivity contribution in [2.45, 2.75) is 19.9 Å². The molecule has 3 rings (SSSR count). The first-order chi connectivity index (χ1) is 12.0. The van der Waals surface area contributed by atoms with Gasteiger partial charge < -0.3 is 14.5 Å². The Morgan fingerprint density at radius 2 is 2.00 bits per heavy atom. The molecule has 0 radical (unpaired) electrons. The maximum Gasteiger partial charge on any atom is 0.339 e. The van der Waals surface area contributed by atoms with Gasteiger partial charge in [0.05, 0.1) is 17.3 Å². The van der Waals surface area contributed by atoms with E-state index >= 15 is 0 Å². The molecule has 0 aliphatic heterocycles. The van der Waals surface area contributed by atoms with Gasteiger partial charge in [0.2, 0.25) is 0 Å². The molecule has 0 fully saturated rings. The zero-order valence-corrected chi connectivity index (χ0v) is 14.0. The molecule has 128 valence electrons. The van der Waals surface area contributed by atoms with Crippen molar-refractivity contribution in [2.75, 3.05) is 6.61 Å². The number of pyridine rings is 1. The summed E-state index contributed by atoms with van der Waals surface area (Å²) in [4.78, 5) is 28.7. The van der Waals surface area contributed by atoms with Crippen LogP contribution in [-0.4, -0.2) is 29.5 Å². The quantitative estimate of drug-likeness (QED) is 0.723. The summed E-state index contributed by atoms with van der Waals surface area (Å²) in [5, 5.41) is 3.34. The number of carbonyl (C=O) groups excluding carboxylic acids is 2. The van der Waals surface area contributed by atoms with Crippen LogP contribution in [0.3, 0.4) is 0 Å². The van der Waals surface area contributed by atoms with Crippen LogP contribution in [0.2, 0.25) is 0 Å². The minimum absolute atomic E-state index is 0.0153. The highest BCUT2D eigenvalue weighted by Gasteiger charge is 2.17. The Morgan fingerprint density at radius 1 is 1.20 bits per heavy atom. The van der Waals surface area contributed by atoms with E-state index in [4.69, 9.17) is 9.15 Å². The molecule has 1 amide bonds. The van der Waals surface area contributed by atoms with Gasteiger partial charge in [-0.05, 0) is 38.1 Å². The Hall–Kier alpha value is -3.15. The van der Waals surface area contributed by atoms with Crippen molar-refractivity contribution in [3.63, 3.8) is 0 Å². The van der Waals surface area contributed by atoms with Crippen molar-refractivity contribution >= 4 is 22.8 Å². The largest absolute Gasteiger partial charge is 0.463 e. The third-order valence-electron chi connectivity index (χ3n) is 3.49. The average molecular weight is 338 g/mol. The van der Waals surface area contributed by atoms with Crippen LogP contribution in [0, 0.1) is 0 Å². The maximum absolute atomic E-state index is 12.5. The van der Waals surface area contributed by atoms with Crippen molar-refractivity contribution in [3.05, 3.63) is 54.3 Å². The number of amides is 1. The first-order valence-electron chi connectivity index (χ1n) is 7.95. The molecule has 0 atom stereocenters. The number of aromatic nitrogens is 1. The van der Waals surface area contributed by atoms with Gasteiger partial charge in [-0.2, -0.15) is 0 Å². The van der Waals surface area contributed by atoms with Crippen LogP contribution in [0.5, 0.6) is 0 Å². The third-order valence-corrected chi connectivity index (χ3v) is 3.49. The number of furan rings is 1. The zero-order chi connectivity index (χ0) is 17.8. The van der Waals surface area contributed by atoms with Gasteiger partial charge in [0, 0.05) is 11.4 Å². The van der Waals surface area contributed by atoms with E-state index in [0.717, 1.165) is 0 Å². The summed E-state index contributed by atoms with van der Waals surface area (Å²) in [7, 11) is 0. The van der Waals surface area contributed by atoms with Crippen LogP contribution in [-0.2, 0) is 9.53 Å². The highest BCUT2D eigenvalue weighted by atomic mass is 16.5. The minimum atomic E-state index is -0.578. The van der Waals surface area contributed by atoms with Gasteiger partial charge in [0.1, 0.15) is 5.69 Å². The summed E-state index contributed by atoms with van der Waals surface area (Å²) >= 11 is 0. The SMILES string of the molecule is CC(C)NC(=O)COC(=O)c1cc(-c2ccco2)nc2ccccc12. The molecule has 2 heterocycles. The molecule has 25 heavy (non-hydrogen) atoms. The van der Waals surface area contributed by atoms with Crippen LogP contribution in [0.15, 0.2) is 53.1 Å². The van der Waals surface area contributed by atoms with E-state index < -0.39 is 5.97 Å². The lowest BCUT2D eigenvalue weighted by Crippen LogP contribution is -2.34. The van der Waals surface area contributed by atoms with Crippen LogP contribution in [0.1, 0.15) is 24.2 Å². The summed E-state index contributed by atoms with van der Waals surface area (Å²) in [6, 6.07) is 12.4. The summed E-state index contributed by atoms with van der Waals surface area (Å²) in [5.41, 5.74) is 1.52. The molecule has 0 unspecified atom stereocenters. The van der Waals surface area contributed by atoms with Gasteiger partial charge in [0.15, 0.2) is 12.4 Å². The van der Waals surface area contributed by atoms with Gasteiger partial charge in [-0.3, -0.25) is 4.79 Å². The lowest BCUT2D eigenvalue weighted by molar-refractivity contribution is -0.124.